The summed E-state index contributed by atoms with van der Waals surface area (Å²) in [4.78, 5) is 17.7. The molecular formula is C22H12B2F4N4O. The van der Waals surface area contributed by atoms with Gasteiger partial charge in [-0.25, -0.2) is 17.6 Å². The second-order valence-corrected chi connectivity index (χ2v) is 7.82. The summed E-state index contributed by atoms with van der Waals surface area (Å²) in [6, 6.07) is 5.78. The number of nitrogens with zero attached hydrogens (tertiary/aromatic N) is 4. The number of carbonyl (C=O) groups excluding carboxylic acids is 1. The molecule has 160 valence electrons. The Morgan fingerprint density at radius 1 is 1.03 bits per heavy atom. The van der Waals surface area contributed by atoms with Crippen molar-refractivity contribution >= 4 is 32.5 Å². The van der Waals surface area contributed by atoms with E-state index in [9.17, 15) is 13.6 Å². The summed E-state index contributed by atoms with van der Waals surface area (Å²) in [5.74, 6) is -5.01. The molecule has 1 amide bonds. The quantitative estimate of drug-likeness (QED) is 0.359. The molecule has 0 saturated carbocycles. The number of pyridine rings is 1. The molecule has 11 heteroatoms. The van der Waals surface area contributed by atoms with Crippen LogP contribution >= 0.6 is 0 Å². The summed E-state index contributed by atoms with van der Waals surface area (Å²) < 4.78 is 59.7. The largest absolute Gasteiger partial charge is 0.340 e. The summed E-state index contributed by atoms with van der Waals surface area (Å²) >= 11 is 0. The lowest BCUT2D eigenvalue weighted by Gasteiger charge is -2.33. The summed E-state index contributed by atoms with van der Waals surface area (Å²) in [6.45, 7) is -0.569. The van der Waals surface area contributed by atoms with E-state index < -0.39 is 46.6 Å². The van der Waals surface area contributed by atoms with Gasteiger partial charge in [-0.05, 0) is 41.5 Å². The highest BCUT2D eigenvalue weighted by atomic mass is 19.2. The third kappa shape index (κ3) is 3.13. The van der Waals surface area contributed by atoms with Gasteiger partial charge < -0.3 is 4.90 Å². The molecular weight excluding hydrogens is 434 g/mol. The lowest BCUT2D eigenvalue weighted by Crippen LogP contribution is -2.45. The third-order valence-electron chi connectivity index (χ3n) is 5.69. The summed E-state index contributed by atoms with van der Waals surface area (Å²) in [5, 5.41) is 2.19. The maximum atomic E-state index is 15.1. The van der Waals surface area contributed by atoms with Crippen LogP contribution in [0.2, 0.25) is 0 Å². The van der Waals surface area contributed by atoms with Gasteiger partial charge in [-0.15, -0.1) is 0 Å². The minimum absolute atomic E-state index is 0.0323. The molecule has 0 fully saturated rings. The first-order valence-electron chi connectivity index (χ1n) is 9.74. The van der Waals surface area contributed by atoms with Gasteiger partial charge in [0.15, 0.2) is 11.6 Å². The lowest BCUT2D eigenvalue weighted by atomic mass is 9.59. The van der Waals surface area contributed by atoms with Gasteiger partial charge in [0.25, 0.3) is 5.91 Å². The van der Waals surface area contributed by atoms with Crippen molar-refractivity contribution in [1.29, 1.82) is 0 Å². The van der Waals surface area contributed by atoms with Crippen molar-refractivity contribution in [2.24, 2.45) is 7.05 Å². The molecule has 2 aromatic heterocycles. The topological polar surface area (TPSA) is 51.0 Å². The molecule has 5 rings (SSSR count). The van der Waals surface area contributed by atoms with E-state index in [0.29, 0.717) is 0 Å². The standard InChI is InChI=1S/C22H12B2F4N4O/c1-31-8-13-12(7-17(27)18(28)19(13)30-31)10-5-15(25)14(16(26)6-10)9-32-21(33)11-3-2-4-29-20(11)22(32,23)24/h2-8H,9H2,1H3. The van der Waals surface area contributed by atoms with Gasteiger partial charge >= 0.3 is 0 Å². The number of rotatable bonds is 3. The van der Waals surface area contributed by atoms with Crippen LogP contribution < -0.4 is 0 Å². The van der Waals surface area contributed by atoms with Gasteiger partial charge in [-0.3, -0.25) is 14.5 Å². The Balaban J connectivity index is 1.57. The Kier molecular flexibility index (Phi) is 4.63. The van der Waals surface area contributed by atoms with Crippen LogP contribution in [0.3, 0.4) is 0 Å². The van der Waals surface area contributed by atoms with Gasteiger partial charge in [-0.2, -0.15) is 5.10 Å². The summed E-state index contributed by atoms with van der Waals surface area (Å²) in [5.41, 5.74) is -0.474. The van der Waals surface area contributed by atoms with Crippen molar-refractivity contribution in [2.75, 3.05) is 0 Å². The first kappa shape index (κ1) is 21.2. The highest BCUT2D eigenvalue weighted by Crippen LogP contribution is 2.37. The average molecular weight is 446 g/mol. The fourth-order valence-electron chi connectivity index (χ4n) is 4.08. The lowest BCUT2D eigenvalue weighted by molar-refractivity contribution is 0.0727. The van der Waals surface area contributed by atoms with E-state index in [2.05, 4.69) is 10.1 Å². The number of amides is 1. The molecule has 1 aliphatic rings. The zero-order valence-corrected chi connectivity index (χ0v) is 17.1. The molecule has 0 spiro atoms. The van der Waals surface area contributed by atoms with Crippen molar-refractivity contribution in [3.05, 3.63) is 82.8 Å². The Labute approximate surface area is 187 Å². The van der Waals surface area contributed by atoms with Crippen LogP contribution in [0.4, 0.5) is 17.6 Å². The van der Waals surface area contributed by atoms with Gasteiger partial charge in [0.1, 0.15) is 17.2 Å². The van der Waals surface area contributed by atoms with Gasteiger partial charge in [0.05, 0.1) is 33.5 Å². The van der Waals surface area contributed by atoms with Gasteiger partial charge in [0, 0.05) is 35.7 Å². The highest BCUT2D eigenvalue weighted by Gasteiger charge is 2.43. The molecule has 0 atom stereocenters. The number of hydrogen-bond acceptors (Lipinski definition) is 3. The van der Waals surface area contributed by atoms with E-state index in [4.69, 9.17) is 15.7 Å². The summed E-state index contributed by atoms with van der Waals surface area (Å²) in [7, 11) is 13.7. The molecule has 0 N–H and O–H groups in total. The predicted octanol–water partition coefficient (Wildman–Crippen LogP) is 3.30. The smallest absolute Gasteiger partial charge is 0.255 e. The second kappa shape index (κ2) is 7.19. The zero-order chi connectivity index (χ0) is 23.7. The van der Waals surface area contributed by atoms with Crippen LogP contribution in [0.1, 0.15) is 21.6 Å². The number of carbonyl (C=O) groups is 1. The minimum Gasteiger partial charge on any atom is -0.340 e. The minimum atomic E-state index is -1.87. The second-order valence-electron chi connectivity index (χ2n) is 7.82. The highest BCUT2D eigenvalue weighted by molar-refractivity contribution is 6.42. The Morgan fingerprint density at radius 3 is 2.39 bits per heavy atom. The maximum Gasteiger partial charge on any atom is 0.255 e. The van der Waals surface area contributed by atoms with Crippen molar-refractivity contribution < 1.29 is 22.4 Å². The number of fused-ring (bicyclic) bond motifs is 2. The average Bonchev–Trinajstić information content (AvgIpc) is 3.24. The van der Waals surface area contributed by atoms with E-state index in [-0.39, 0.29) is 33.3 Å². The Morgan fingerprint density at radius 2 is 1.73 bits per heavy atom. The molecule has 0 bridgehead atoms. The van der Waals surface area contributed by atoms with Crippen LogP contribution in [0.25, 0.3) is 22.0 Å². The van der Waals surface area contributed by atoms with Crippen LogP contribution in [0.5, 0.6) is 0 Å². The normalized spacial score (nSPS) is 14.8. The first-order chi connectivity index (χ1) is 15.6. The van der Waals surface area contributed by atoms with E-state index >= 15 is 8.78 Å². The van der Waals surface area contributed by atoms with Crippen molar-refractivity contribution in [3.8, 4) is 11.1 Å². The molecule has 4 radical (unpaired) electrons. The van der Waals surface area contributed by atoms with E-state index in [1.54, 1.807) is 0 Å². The number of aromatic nitrogens is 3. The Hall–Kier alpha value is -3.62. The Bertz CT molecular complexity index is 1450. The summed E-state index contributed by atoms with van der Waals surface area (Å²) in [6.07, 6.45) is 2.82. The van der Waals surface area contributed by atoms with Crippen molar-refractivity contribution in [3.63, 3.8) is 0 Å². The number of halogens is 4. The molecule has 5 nitrogen and oxygen atoms in total. The predicted molar refractivity (Wildman–Crippen MR) is 113 cm³/mol. The van der Waals surface area contributed by atoms with Crippen molar-refractivity contribution in [2.45, 2.75) is 11.9 Å². The monoisotopic (exact) mass is 446 g/mol. The number of hydrogen-bond donors (Lipinski definition) is 0. The molecule has 0 saturated heterocycles. The van der Waals surface area contributed by atoms with E-state index in [0.717, 1.165) is 23.1 Å². The molecule has 33 heavy (non-hydrogen) atoms. The van der Waals surface area contributed by atoms with Gasteiger partial charge in [-0.1, -0.05) is 0 Å². The van der Waals surface area contributed by atoms with Crippen LogP contribution in [0.15, 0.2) is 42.7 Å². The van der Waals surface area contributed by atoms with E-state index in [1.807, 2.05) is 0 Å². The molecule has 1 aliphatic heterocycles. The molecule has 2 aromatic carbocycles. The number of aryl methyl sites for hydroxylation is 1. The van der Waals surface area contributed by atoms with Crippen LogP contribution in [-0.4, -0.2) is 41.3 Å². The SMILES string of the molecule is [B]C1([B])c2ncccc2C(=O)N1Cc1c(F)cc(-c2cc(F)c(F)c3nn(C)cc23)cc1F. The zero-order valence-electron chi connectivity index (χ0n) is 17.1. The fraction of sp³-hybridized carbons (Fsp3) is 0.136. The molecule has 0 aliphatic carbocycles. The first-order valence-corrected chi connectivity index (χ1v) is 9.74. The number of benzene rings is 2. The van der Waals surface area contributed by atoms with Gasteiger partial charge in [0.2, 0.25) is 0 Å². The molecule has 4 aromatic rings. The molecule has 3 heterocycles. The fourth-order valence-corrected chi connectivity index (χ4v) is 4.08. The van der Waals surface area contributed by atoms with E-state index in [1.165, 1.54) is 36.3 Å². The van der Waals surface area contributed by atoms with Crippen LogP contribution in [-0.2, 0) is 18.9 Å². The third-order valence-corrected chi connectivity index (χ3v) is 5.69. The van der Waals surface area contributed by atoms with Crippen LogP contribution in [0, 0.1) is 23.3 Å². The molecule has 0 unspecified atom stereocenters. The maximum absolute atomic E-state index is 15.1. The van der Waals surface area contributed by atoms with Crippen molar-refractivity contribution in [1.82, 2.24) is 19.7 Å².